The van der Waals surface area contributed by atoms with Gasteiger partial charge in [0.2, 0.25) is 0 Å². The van der Waals surface area contributed by atoms with E-state index in [9.17, 15) is 0 Å². The van der Waals surface area contributed by atoms with Crippen molar-refractivity contribution in [1.82, 2.24) is 0 Å². The van der Waals surface area contributed by atoms with Crippen LogP contribution < -0.4 is 0 Å². The van der Waals surface area contributed by atoms with Crippen LogP contribution in [0.3, 0.4) is 0 Å². The van der Waals surface area contributed by atoms with Crippen LogP contribution in [0.1, 0.15) is 46.6 Å². The molecule has 0 saturated heterocycles. The zero-order chi connectivity index (χ0) is 20.0. The van der Waals surface area contributed by atoms with Crippen LogP contribution in [-0.4, -0.2) is 33.9 Å². The van der Waals surface area contributed by atoms with Crippen molar-refractivity contribution in [3.63, 3.8) is 0 Å². The number of hydrogen-bond acceptors (Lipinski definition) is 3. The van der Waals surface area contributed by atoms with Crippen LogP contribution in [0.4, 0.5) is 0 Å². The first kappa shape index (κ1) is 23.1. The van der Waals surface area contributed by atoms with Gasteiger partial charge in [0.1, 0.15) is 12.4 Å². The summed E-state index contributed by atoms with van der Waals surface area (Å²) in [6, 6.07) is 10.5. The Morgan fingerprint density at radius 3 is 2.15 bits per heavy atom. The molecule has 2 atom stereocenters. The van der Waals surface area contributed by atoms with Crippen LogP contribution in [-0.2, 0) is 20.3 Å². The van der Waals surface area contributed by atoms with E-state index in [2.05, 4.69) is 71.6 Å². The maximum absolute atomic E-state index is 6.86. The third kappa shape index (κ3) is 6.05. The molecule has 26 heavy (non-hydrogen) atoms. The molecule has 1 aromatic carbocycles. The normalized spacial score (nSPS) is 16.2. The highest BCUT2D eigenvalue weighted by Crippen LogP contribution is 2.42. The van der Waals surface area contributed by atoms with Crippen molar-refractivity contribution in [3.05, 3.63) is 48.0 Å². The smallest absolute Gasteiger partial charge is 0.193 e. The molecule has 0 saturated carbocycles. The summed E-state index contributed by atoms with van der Waals surface area (Å²) < 4.78 is 18.2. The molecule has 1 aromatic rings. The highest BCUT2D eigenvalue weighted by molar-refractivity contribution is 6.74. The Morgan fingerprint density at radius 1 is 1.12 bits per heavy atom. The van der Waals surface area contributed by atoms with Gasteiger partial charge in [-0.3, -0.25) is 0 Å². The molecule has 1 unspecified atom stereocenters. The molecule has 3 nitrogen and oxygen atoms in total. The second kappa shape index (κ2) is 9.31. The second-order valence-electron chi connectivity index (χ2n) is 8.84. The largest absolute Gasteiger partial charge is 0.405 e. The van der Waals surface area contributed by atoms with Crippen LogP contribution in [0.15, 0.2) is 42.5 Å². The van der Waals surface area contributed by atoms with Crippen LogP contribution in [0.2, 0.25) is 18.1 Å². The fourth-order valence-electron chi connectivity index (χ4n) is 2.72. The number of rotatable bonds is 10. The van der Waals surface area contributed by atoms with Crippen molar-refractivity contribution in [2.24, 2.45) is 0 Å². The quantitative estimate of drug-likeness (QED) is 0.285. The molecule has 0 amide bonds. The first-order valence-corrected chi connectivity index (χ1v) is 12.4. The zero-order valence-corrected chi connectivity index (χ0v) is 19.0. The van der Waals surface area contributed by atoms with Crippen LogP contribution in [0.5, 0.6) is 0 Å². The Morgan fingerprint density at radius 2 is 1.69 bits per heavy atom. The van der Waals surface area contributed by atoms with Gasteiger partial charge in [-0.25, -0.2) is 0 Å². The molecule has 1 rings (SSSR count). The molecular weight excluding hydrogens is 340 g/mol. The standard InChI is InChI=1S/C22H38O3Si/c1-18(2)22(6,25-26(8,9)21(3,4)5)20(24-17-23-7)16-15-19-13-11-10-12-14-19/h10-14,20H,1,15-17H2,2-9H3/t20-,22?/m0/s1. The van der Waals surface area contributed by atoms with Gasteiger partial charge in [0.05, 0.1) is 6.10 Å². The third-order valence-corrected chi connectivity index (χ3v) is 10.2. The molecule has 0 bridgehead atoms. The van der Waals surface area contributed by atoms with Crippen molar-refractivity contribution >= 4 is 8.32 Å². The lowest BCUT2D eigenvalue weighted by atomic mass is 9.88. The Hall–Kier alpha value is -0.943. The fourth-order valence-corrected chi connectivity index (χ4v) is 4.39. The first-order valence-electron chi connectivity index (χ1n) is 9.44. The van der Waals surface area contributed by atoms with E-state index in [0.717, 1.165) is 18.4 Å². The average molecular weight is 379 g/mol. The van der Waals surface area contributed by atoms with E-state index in [1.807, 2.05) is 13.0 Å². The monoisotopic (exact) mass is 378 g/mol. The predicted molar refractivity (Wildman–Crippen MR) is 113 cm³/mol. The minimum Gasteiger partial charge on any atom is -0.405 e. The molecule has 148 valence electrons. The molecular formula is C22H38O3Si. The van der Waals surface area contributed by atoms with Gasteiger partial charge in [-0.2, -0.15) is 0 Å². The third-order valence-electron chi connectivity index (χ3n) is 5.66. The van der Waals surface area contributed by atoms with Gasteiger partial charge in [-0.1, -0.05) is 57.7 Å². The molecule has 0 aliphatic heterocycles. The molecule has 0 aliphatic carbocycles. The summed E-state index contributed by atoms with van der Waals surface area (Å²) in [5.74, 6) is 0. The number of aryl methyl sites for hydroxylation is 1. The lowest BCUT2D eigenvalue weighted by Crippen LogP contribution is -2.55. The molecule has 0 aromatic heterocycles. The van der Waals surface area contributed by atoms with Crippen LogP contribution in [0.25, 0.3) is 0 Å². The van der Waals surface area contributed by atoms with Crippen molar-refractivity contribution < 1.29 is 13.9 Å². The van der Waals surface area contributed by atoms with Crippen molar-refractivity contribution in [2.45, 2.75) is 77.3 Å². The Labute approximate surface area is 161 Å². The highest BCUT2D eigenvalue weighted by Gasteiger charge is 2.47. The highest BCUT2D eigenvalue weighted by atomic mass is 28.4. The molecule has 0 fully saturated rings. The van der Waals surface area contributed by atoms with E-state index >= 15 is 0 Å². The Kier molecular flexibility index (Phi) is 8.27. The van der Waals surface area contributed by atoms with E-state index in [1.54, 1.807) is 7.11 Å². The number of hydrogen-bond donors (Lipinski definition) is 0. The van der Waals surface area contributed by atoms with E-state index in [0.29, 0.717) is 0 Å². The summed E-state index contributed by atoms with van der Waals surface area (Å²) in [7, 11) is -0.341. The molecule has 0 aliphatic rings. The zero-order valence-electron chi connectivity index (χ0n) is 18.0. The summed E-state index contributed by atoms with van der Waals surface area (Å²) >= 11 is 0. The van der Waals surface area contributed by atoms with Gasteiger partial charge in [-0.15, -0.1) is 0 Å². The van der Waals surface area contributed by atoms with Gasteiger partial charge < -0.3 is 13.9 Å². The second-order valence-corrected chi connectivity index (χ2v) is 13.6. The van der Waals surface area contributed by atoms with E-state index in [1.165, 1.54) is 5.56 Å². The molecule has 0 radical (unpaired) electrons. The molecule has 0 heterocycles. The SMILES string of the molecule is C=C(C)C(C)(O[Si](C)(C)C(C)(C)C)[C@H](CCc1ccccc1)OCOC. The van der Waals surface area contributed by atoms with Crippen LogP contribution >= 0.6 is 0 Å². The lowest BCUT2D eigenvalue weighted by molar-refractivity contribution is -0.133. The predicted octanol–water partition coefficient (Wildman–Crippen LogP) is 5.96. The Bertz CT molecular complexity index is 563. The minimum atomic E-state index is -2.00. The topological polar surface area (TPSA) is 27.7 Å². The van der Waals surface area contributed by atoms with Crippen molar-refractivity contribution in [3.8, 4) is 0 Å². The number of methoxy groups -OCH3 is 1. The first-order chi connectivity index (χ1) is 11.9. The lowest BCUT2D eigenvalue weighted by Gasteiger charge is -2.47. The maximum atomic E-state index is 6.86. The Balaban J connectivity index is 3.08. The van der Waals surface area contributed by atoms with Gasteiger partial charge in [0.25, 0.3) is 0 Å². The fraction of sp³-hybridized carbons (Fsp3) is 0.636. The van der Waals surface area contributed by atoms with E-state index < -0.39 is 13.9 Å². The number of benzene rings is 1. The molecule has 0 N–H and O–H groups in total. The summed E-state index contributed by atoms with van der Waals surface area (Å²) in [5.41, 5.74) is 1.75. The minimum absolute atomic E-state index is 0.116. The summed E-state index contributed by atoms with van der Waals surface area (Å²) in [6.07, 6.45) is 1.67. The molecule has 0 spiro atoms. The van der Waals surface area contributed by atoms with E-state index in [4.69, 9.17) is 13.9 Å². The van der Waals surface area contributed by atoms with Crippen molar-refractivity contribution in [2.75, 3.05) is 13.9 Å². The average Bonchev–Trinajstić information content (AvgIpc) is 2.54. The molecule has 4 heteroatoms. The van der Waals surface area contributed by atoms with Gasteiger partial charge in [0, 0.05) is 7.11 Å². The van der Waals surface area contributed by atoms with Gasteiger partial charge in [0.15, 0.2) is 8.32 Å². The van der Waals surface area contributed by atoms with Gasteiger partial charge >= 0.3 is 0 Å². The summed E-state index contributed by atoms with van der Waals surface area (Å²) in [5, 5.41) is 0.120. The van der Waals surface area contributed by atoms with E-state index in [-0.39, 0.29) is 17.9 Å². The van der Waals surface area contributed by atoms with Gasteiger partial charge in [-0.05, 0) is 56.0 Å². The number of ether oxygens (including phenoxy) is 2. The summed E-state index contributed by atoms with van der Waals surface area (Å²) in [4.78, 5) is 0. The van der Waals surface area contributed by atoms with Crippen LogP contribution in [0, 0.1) is 0 Å². The van der Waals surface area contributed by atoms with Crippen molar-refractivity contribution in [1.29, 1.82) is 0 Å². The summed E-state index contributed by atoms with van der Waals surface area (Å²) in [6.45, 7) is 20.0. The maximum Gasteiger partial charge on any atom is 0.193 e.